The van der Waals surface area contributed by atoms with Crippen LogP contribution in [0.1, 0.15) is 32.6 Å². The molecule has 0 aromatic heterocycles. The van der Waals surface area contributed by atoms with E-state index in [1.807, 2.05) is 32.9 Å². The van der Waals surface area contributed by atoms with Crippen molar-refractivity contribution in [3.8, 4) is 5.75 Å². The highest BCUT2D eigenvalue weighted by atomic mass is 35.5. The predicted octanol–water partition coefficient (Wildman–Crippen LogP) is 3.26. The monoisotopic (exact) mass is 314 g/mol. The molecule has 0 amide bonds. The summed E-state index contributed by atoms with van der Waals surface area (Å²) >= 11 is 6.22. The second kappa shape index (κ2) is 5.74. The van der Waals surface area contributed by atoms with E-state index in [0.29, 0.717) is 24.0 Å². The molecule has 0 aliphatic carbocycles. The zero-order valence-electron chi connectivity index (χ0n) is 12.3. The van der Waals surface area contributed by atoms with Gasteiger partial charge in [-0.2, -0.15) is 0 Å². The van der Waals surface area contributed by atoms with E-state index in [1.165, 1.54) is 0 Å². The fraction of sp³-hybridized carbons (Fsp3) is 0.600. The van der Waals surface area contributed by atoms with Crippen LogP contribution in [-0.2, 0) is 18.9 Å². The first-order valence-electron chi connectivity index (χ1n) is 6.98. The molecule has 21 heavy (non-hydrogen) atoms. The van der Waals surface area contributed by atoms with Crippen molar-refractivity contribution in [3.63, 3.8) is 0 Å². The first kappa shape index (κ1) is 15.1. The molecule has 1 aromatic carbocycles. The Morgan fingerprint density at radius 1 is 1.33 bits per heavy atom. The average Bonchev–Trinajstić information content (AvgIpc) is 2.73. The molecule has 0 radical (unpaired) electrons. The lowest BCUT2D eigenvalue weighted by Crippen LogP contribution is -2.31. The van der Waals surface area contributed by atoms with Gasteiger partial charge in [-0.25, -0.2) is 0 Å². The normalized spacial score (nSPS) is 31.0. The van der Waals surface area contributed by atoms with Crippen molar-refractivity contribution in [2.45, 2.75) is 45.2 Å². The van der Waals surface area contributed by atoms with E-state index in [0.717, 1.165) is 5.56 Å². The molecule has 116 valence electrons. The topological polar surface area (TPSA) is 46.2 Å². The Morgan fingerprint density at radius 2 is 2.10 bits per heavy atom. The average molecular weight is 315 g/mol. The molecule has 2 aliphatic rings. The van der Waals surface area contributed by atoms with Gasteiger partial charge in [0.05, 0.1) is 11.6 Å². The smallest absolute Gasteiger partial charge is 0.189 e. The van der Waals surface area contributed by atoms with Gasteiger partial charge in [-0.05, 0) is 32.9 Å². The standard InChI is InChI=1S/C15H19ClO5/c1-9-19-14(20-9)10-4-5-13(12(16)6-10)17-7-11-8-18-15(2,3)21-11/h4-6,9,11,14H,7-8H2,1-3H3. The summed E-state index contributed by atoms with van der Waals surface area (Å²) in [4.78, 5) is 0. The van der Waals surface area contributed by atoms with Gasteiger partial charge < -0.3 is 23.7 Å². The summed E-state index contributed by atoms with van der Waals surface area (Å²) in [6.07, 6.45) is -0.582. The Bertz CT molecular complexity index is 513. The molecule has 0 bridgehead atoms. The maximum absolute atomic E-state index is 6.22. The zero-order valence-corrected chi connectivity index (χ0v) is 13.1. The highest BCUT2D eigenvalue weighted by Crippen LogP contribution is 2.35. The minimum Gasteiger partial charge on any atom is -0.489 e. The molecule has 1 unspecified atom stereocenters. The molecule has 6 heteroatoms. The van der Waals surface area contributed by atoms with Crippen LogP contribution in [0.4, 0.5) is 0 Å². The van der Waals surface area contributed by atoms with Gasteiger partial charge in [0.15, 0.2) is 18.4 Å². The molecule has 2 aliphatic heterocycles. The number of hydrogen-bond donors (Lipinski definition) is 0. The number of rotatable bonds is 4. The third kappa shape index (κ3) is 3.49. The van der Waals surface area contributed by atoms with Crippen molar-refractivity contribution in [1.82, 2.24) is 0 Å². The van der Waals surface area contributed by atoms with E-state index < -0.39 is 5.79 Å². The summed E-state index contributed by atoms with van der Waals surface area (Å²) in [7, 11) is 0. The number of benzene rings is 1. The van der Waals surface area contributed by atoms with E-state index in [4.69, 9.17) is 35.3 Å². The quantitative estimate of drug-likeness (QED) is 0.853. The minimum atomic E-state index is -0.544. The van der Waals surface area contributed by atoms with Crippen molar-refractivity contribution in [2.75, 3.05) is 13.2 Å². The van der Waals surface area contributed by atoms with E-state index in [-0.39, 0.29) is 18.7 Å². The zero-order chi connectivity index (χ0) is 15.0. The number of halogens is 1. The van der Waals surface area contributed by atoms with Gasteiger partial charge >= 0.3 is 0 Å². The second-order valence-electron chi connectivity index (χ2n) is 5.62. The van der Waals surface area contributed by atoms with Crippen LogP contribution < -0.4 is 4.74 Å². The summed E-state index contributed by atoms with van der Waals surface area (Å²) in [6.45, 7) is 6.53. The minimum absolute atomic E-state index is 0.0881. The Balaban J connectivity index is 1.56. The summed E-state index contributed by atoms with van der Waals surface area (Å²) in [6, 6.07) is 5.49. The fourth-order valence-corrected chi connectivity index (χ4v) is 2.57. The molecule has 2 heterocycles. The summed E-state index contributed by atoms with van der Waals surface area (Å²) in [5, 5.41) is 0.525. The maximum atomic E-state index is 6.22. The van der Waals surface area contributed by atoms with Crippen LogP contribution in [-0.4, -0.2) is 31.4 Å². The molecule has 5 nitrogen and oxygen atoms in total. The molecule has 2 saturated heterocycles. The third-order valence-corrected chi connectivity index (χ3v) is 3.65. The van der Waals surface area contributed by atoms with Gasteiger partial charge in [0.1, 0.15) is 18.5 Å². The van der Waals surface area contributed by atoms with Crippen LogP contribution in [0.15, 0.2) is 18.2 Å². The van der Waals surface area contributed by atoms with Crippen molar-refractivity contribution in [1.29, 1.82) is 0 Å². The predicted molar refractivity (Wildman–Crippen MR) is 76.2 cm³/mol. The summed E-state index contributed by atoms with van der Waals surface area (Å²) in [5.74, 6) is 0.0678. The molecule has 1 atom stereocenters. The summed E-state index contributed by atoms with van der Waals surface area (Å²) < 4.78 is 27.7. The van der Waals surface area contributed by atoms with Crippen LogP contribution in [0.5, 0.6) is 5.75 Å². The molecule has 2 fully saturated rings. The van der Waals surface area contributed by atoms with Gasteiger partial charge in [0.25, 0.3) is 0 Å². The lowest BCUT2D eigenvalue weighted by Gasteiger charge is -2.34. The second-order valence-corrected chi connectivity index (χ2v) is 6.03. The van der Waals surface area contributed by atoms with Crippen LogP contribution in [0.2, 0.25) is 5.02 Å². The van der Waals surface area contributed by atoms with Gasteiger partial charge in [-0.3, -0.25) is 0 Å². The molecule has 1 aromatic rings. The molecule has 0 saturated carbocycles. The van der Waals surface area contributed by atoms with Crippen molar-refractivity contribution >= 4 is 11.6 Å². The van der Waals surface area contributed by atoms with E-state index in [9.17, 15) is 0 Å². The van der Waals surface area contributed by atoms with Gasteiger partial charge in [0.2, 0.25) is 0 Å². The van der Waals surface area contributed by atoms with Crippen LogP contribution in [0, 0.1) is 0 Å². The fourth-order valence-electron chi connectivity index (χ4n) is 2.32. The van der Waals surface area contributed by atoms with Crippen molar-refractivity contribution < 1.29 is 23.7 Å². The van der Waals surface area contributed by atoms with E-state index in [1.54, 1.807) is 6.07 Å². The van der Waals surface area contributed by atoms with E-state index >= 15 is 0 Å². The first-order chi connectivity index (χ1) is 9.93. The Labute approximate surface area is 129 Å². The van der Waals surface area contributed by atoms with E-state index in [2.05, 4.69) is 0 Å². The molecule has 0 N–H and O–H groups in total. The van der Waals surface area contributed by atoms with Gasteiger partial charge in [0, 0.05) is 5.56 Å². The van der Waals surface area contributed by atoms with Gasteiger partial charge in [-0.15, -0.1) is 0 Å². The Kier molecular flexibility index (Phi) is 4.12. The highest BCUT2D eigenvalue weighted by Gasteiger charge is 2.33. The SMILES string of the molecule is CC1OC(c2ccc(OCC3COC(C)(C)O3)c(Cl)c2)O1. The lowest BCUT2D eigenvalue weighted by molar-refractivity contribution is -0.382. The largest absolute Gasteiger partial charge is 0.489 e. The first-order valence-corrected chi connectivity index (χ1v) is 7.36. The Hall–Kier alpha value is -0.850. The molecular formula is C15H19ClO5. The van der Waals surface area contributed by atoms with Crippen molar-refractivity contribution in [2.24, 2.45) is 0 Å². The Morgan fingerprint density at radius 3 is 2.67 bits per heavy atom. The van der Waals surface area contributed by atoms with Gasteiger partial charge in [-0.1, -0.05) is 17.7 Å². The summed E-state index contributed by atoms with van der Waals surface area (Å²) in [5.41, 5.74) is 0.882. The molecular weight excluding hydrogens is 296 g/mol. The van der Waals surface area contributed by atoms with Crippen LogP contribution in [0.3, 0.4) is 0 Å². The number of hydrogen-bond acceptors (Lipinski definition) is 5. The highest BCUT2D eigenvalue weighted by molar-refractivity contribution is 6.32. The maximum Gasteiger partial charge on any atom is 0.189 e. The lowest BCUT2D eigenvalue weighted by atomic mass is 10.2. The van der Waals surface area contributed by atoms with Crippen LogP contribution in [0.25, 0.3) is 0 Å². The molecule has 3 rings (SSSR count). The van der Waals surface area contributed by atoms with Crippen molar-refractivity contribution in [3.05, 3.63) is 28.8 Å². The third-order valence-electron chi connectivity index (χ3n) is 3.35. The van der Waals surface area contributed by atoms with Crippen LogP contribution >= 0.6 is 11.6 Å². The molecule has 0 spiro atoms. The number of ether oxygens (including phenoxy) is 5.